The molecule has 1 aliphatic carbocycles. The number of carbonyl (C=O) groups is 1. The molecule has 2 aromatic rings. The van der Waals surface area contributed by atoms with Crippen LogP contribution in [0.2, 0.25) is 0 Å². The first-order chi connectivity index (χ1) is 12.0. The Morgan fingerprint density at radius 1 is 1.24 bits per heavy atom. The van der Waals surface area contributed by atoms with E-state index < -0.39 is 17.6 Å². The summed E-state index contributed by atoms with van der Waals surface area (Å²) in [5.41, 5.74) is 1.55. The molecule has 0 amide bonds. The van der Waals surface area contributed by atoms with Crippen LogP contribution >= 0.6 is 23.6 Å². The van der Waals surface area contributed by atoms with Gasteiger partial charge >= 0.3 is 5.97 Å². The molecule has 0 atom stereocenters. The van der Waals surface area contributed by atoms with E-state index in [2.05, 4.69) is 10.6 Å². The monoisotopic (exact) mass is 382 g/mol. The van der Waals surface area contributed by atoms with Crippen molar-refractivity contribution >= 4 is 45.3 Å². The molecule has 1 heterocycles. The molecule has 2 N–H and O–H groups in total. The predicted octanol–water partition coefficient (Wildman–Crippen LogP) is 4.50. The van der Waals surface area contributed by atoms with Crippen LogP contribution in [0, 0.1) is 11.6 Å². The average Bonchev–Trinajstić information content (AvgIpc) is 2.94. The molecule has 0 radical (unpaired) electrons. The Bertz CT molecular complexity index is 836. The Morgan fingerprint density at radius 2 is 2.00 bits per heavy atom. The van der Waals surface area contributed by atoms with Gasteiger partial charge in [0.15, 0.2) is 5.11 Å². The molecule has 1 aliphatic rings. The summed E-state index contributed by atoms with van der Waals surface area (Å²) in [5.74, 6) is -1.83. The van der Waals surface area contributed by atoms with Crippen LogP contribution in [0.5, 0.6) is 0 Å². The van der Waals surface area contributed by atoms with Crippen LogP contribution in [0.25, 0.3) is 0 Å². The van der Waals surface area contributed by atoms with Crippen molar-refractivity contribution in [3.8, 4) is 0 Å². The molecule has 0 spiro atoms. The van der Waals surface area contributed by atoms with E-state index in [4.69, 9.17) is 17.0 Å². The average molecular weight is 382 g/mol. The molecule has 8 heteroatoms. The highest BCUT2D eigenvalue weighted by Crippen LogP contribution is 2.38. The van der Waals surface area contributed by atoms with Gasteiger partial charge in [-0.3, -0.25) is 0 Å². The second kappa shape index (κ2) is 7.45. The van der Waals surface area contributed by atoms with Gasteiger partial charge in [0.2, 0.25) is 0 Å². The summed E-state index contributed by atoms with van der Waals surface area (Å²) in [6, 6.07) is 3.17. The van der Waals surface area contributed by atoms with Crippen molar-refractivity contribution in [3.05, 3.63) is 45.8 Å². The third-order valence-corrected chi connectivity index (χ3v) is 5.38. The number of anilines is 2. The first-order valence-electron chi connectivity index (χ1n) is 7.75. The minimum absolute atomic E-state index is 0.0554. The molecule has 1 aromatic carbocycles. The van der Waals surface area contributed by atoms with Crippen molar-refractivity contribution in [2.24, 2.45) is 0 Å². The standard InChI is InChI=1S/C17H16F2N2O2S2/c1-23-16(22)14-10-4-2-3-5-13(10)25-15(14)21-17(24)20-12-7-6-9(18)8-11(12)19/h6-8H,2-5H2,1H3,(H2,20,21,24). The van der Waals surface area contributed by atoms with Gasteiger partial charge in [-0.15, -0.1) is 11.3 Å². The van der Waals surface area contributed by atoms with E-state index >= 15 is 0 Å². The number of hydrogen-bond acceptors (Lipinski definition) is 4. The van der Waals surface area contributed by atoms with Crippen LogP contribution in [0.15, 0.2) is 18.2 Å². The summed E-state index contributed by atoms with van der Waals surface area (Å²) in [5, 5.41) is 6.34. The van der Waals surface area contributed by atoms with Crippen LogP contribution in [-0.2, 0) is 17.6 Å². The van der Waals surface area contributed by atoms with E-state index in [-0.39, 0.29) is 10.8 Å². The van der Waals surface area contributed by atoms with Gasteiger partial charge in [-0.1, -0.05) is 0 Å². The molecule has 0 aliphatic heterocycles. The second-order valence-corrected chi connectivity index (χ2v) is 7.12. The molecule has 3 rings (SSSR count). The summed E-state index contributed by atoms with van der Waals surface area (Å²) in [7, 11) is 1.34. The molecule has 0 saturated carbocycles. The number of nitrogens with one attached hydrogen (secondary N) is 2. The fourth-order valence-corrected chi connectivity index (χ4v) is 4.38. The zero-order chi connectivity index (χ0) is 18.0. The first kappa shape index (κ1) is 17.8. The lowest BCUT2D eigenvalue weighted by molar-refractivity contribution is 0.0601. The Kier molecular flexibility index (Phi) is 5.29. The van der Waals surface area contributed by atoms with Crippen LogP contribution in [0.3, 0.4) is 0 Å². The quantitative estimate of drug-likeness (QED) is 0.605. The van der Waals surface area contributed by atoms with Gasteiger partial charge < -0.3 is 15.4 Å². The Hall–Kier alpha value is -2.06. The number of benzene rings is 1. The highest BCUT2D eigenvalue weighted by molar-refractivity contribution is 7.80. The summed E-state index contributed by atoms with van der Waals surface area (Å²) in [6.07, 6.45) is 3.84. The van der Waals surface area contributed by atoms with Crippen molar-refractivity contribution in [2.75, 3.05) is 17.7 Å². The number of thiophene rings is 1. The maximum Gasteiger partial charge on any atom is 0.341 e. The van der Waals surface area contributed by atoms with Crippen LogP contribution in [0.1, 0.15) is 33.6 Å². The fraction of sp³-hybridized carbons (Fsp3) is 0.294. The molecule has 0 unspecified atom stereocenters. The molecule has 1 aromatic heterocycles. The highest BCUT2D eigenvalue weighted by Gasteiger charge is 2.26. The number of esters is 1. The van der Waals surface area contributed by atoms with E-state index in [0.29, 0.717) is 10.6 Å². The molecule has 132 valence electrons. The smallest absolute Gasteiger partial charge is 0.341 e. The van der Waals surface area contributed by atoms with Crippen molar-refractivity contribution in [1.82, 2.24) is 0 Å². The number of ether oxygens (including phenoxy) is 1. The lowest BCUT2D eigenvalue weighted by atomic mass is 9.95. The molecular formula is C17H16F2N2O2S2. The summed E-state index contributed by atoms with van der Waals surface area (Å²) in [6.45, 7) is 0. The third kappa shape index (κ3) is 3.80. The maximum absolute atomic E-state index is 13.7. The fourth-order valence-electron chi connectivity index (χ4n) is 2.82. The number of rotatable bonds is 3. The van der Waals surface area contributed by atoms with Gasteiger partial charge in [0.1, 0.15) is 16.6 Å². The van der Waals surface area contributed by atoms with Gasteiger partial charge in [0.05, 0.1) is 18.4 Å². The predicted molar refractivity (Wildman–Crippen MR) is 98.5 cm³/mol. The van der Waals surface area contributed by atoms with E-state index in [1.54, 1.807) is 0 Å². The number of halogens is 2. The van der Waals surface area contributed by atoms with Gasteiger partial charge in [0.25, 0.3) is 0 Å². The summed E-state index contributed by atoms with van der Waals surface area (Å²) >= 11 is 6.66. The van der Waals surface area contributed by atoms with E-state index in [1.807, 2.05) is 0 Å². The van der Waals surface area contributed by atoms with Gasteiger partial charge in [-0.05, 0) is 55.6 Å². The highest BCUT2D eigenvalue weighted by atomic mass is 32.1. The number of thiocarbonyl (C=S) groups is 1. The number of carbonyl (C=O) groups excluding carboxylic acids is 1. The van der Waals surface area contributed by atoms with Crippen molar-refractivity contribution in [2.45, 2.75) is 25.7 Å². The van der Waals surface area contributed by atoms with E-state index in [9.17, 15) is 13.6 Å². The second-order valence-electron chi connectivity index (χ2n) is 5.61. The lowest BCUT2D eigenvalue weighted by Crippen LogP contribution is -2.21. The molecule has 0 saturated heterocycles. The Morgan fingerprint density at radius 3 is 2.72 bits per heavy atom. The topological polar surface area (TPSA) is 50.4 Å². The van der Waals surface area contributed by atoms with Crippen molar-refractivity contribution < 1.29 is 18.3 Å². The molecular weight excluding hydrogens is 366 g/mol. The van der Waals surface area contributed by atoms with Crippen LogP contribution in [-0.4, -0.2) is 18.2 Å². The van der Waals surface area contributed by atoms with Crippen LogP contribution in [0.4, 0.5) is 19.5 Å². The Labute approximate surface area is 153 Å². The van der Waals surface area contributed by atoms with Crippen LogP contribution < -0.4 is 10.6 Å². The molecule has 0 fully saturated rings. The van der Waals surface area contributed by atoms with Crippen molar-refractivity contribution in [3.63, 3.8) is 0 Å². The molecule has 25 heavy (non-hydrogen) atoms. The van der Waals surface area contributed by atoms with Gasteiger partial charge in [-0.25, -0.2) is 13.6 Å². The largest absolute Gasteiger partial charge is 0.465 e. The van der Waals surface area contributed by atoms with Crippen molar-refractivity contribution in [1.29, 1.82) is 0 Å². The van der Waals surface area contributed by atoms with E-state index in [0.717, 1.165) is 48.3 Å². The first-order valence-corrected chi connectivity index (χ1v) is 8.98. The zero-order valence-corrected chi connectivity index (χ0v) is 15.1. The van der Waals surface area contributed by atoms with E-state index in [1.165, 1.54) is 24.5 Å². The molecule has 0 bridgehead atoms. The summed E-state index contributed by atoms with van der Waals surface area (Å²) in [4.78, 5) is 13.3. The SMILES string of the molecule is COC(=O)c1c(NC(=S)Nc2ccc(F)cc2F)sc2c1CCCC2. The third-order valence-electron chi connectivity index (χ3n) is 3.97. The zero-order valence-electron chi connectivity index (χ0n) is 13.4. The number of aryl methyl sites for hydroxylation is 1. The minimum Gasteiger partial charge on any atom is -0.465 e. The number of fused-ring (bicyclic) bond motifs is 1. The minimum atomic E-state index is -0.747. The lowest BCUT2D eigenvalue weighted by Gasteiger charge is -2.13. The number of hydrogen-bond donors (Lipinski definition) is 2. The normalized spacial score (nSPS) is 13.1. The maximum atomic E-state index is 13.7. The summed E-state index contributed by atoms with van der Waals surface area (Å²) < 4.78 is 31.6. The number of methoxy groups -OCH3 is 1. The Balaban J connectivity index is 1.83. The van der Waals surface area contributed by atoms with Gasteiger partial charge in [0, 0.05) is 10.9 Å². The molecule has 4 nitrogen and oxygen atoms in total. The van der Waals surface area contributed by atoms with Gasteiger partial charge in [-0.2, -0.15) is 0 Å².